The number of ether oxygens (including phenoxy) is 2. The number of hydrogen-bond donors (Lipinski definition) is 1. The van der Waals surface area contributed by atoms with Crippen LogP contribution in [0.25, 0.3) is 0 Å². The van der Waals surface area contributed by atoms with E-state index in [1.54, 1.807) is 12.1 Å². The maximum atomic E-state index is 12.1. The molecule has 0 fully saturated rings. The number of benzene rings is 1. The molecule has 1 aromatic carbocycles. The zero-order valence-corrected chi connectivity index (χ0v) is 12.6. The number of carbonyl (C=O) groups excluding carboxylic acids is 1. The number of rotatable bonds is 4. The minimum atomic E-state index is -0.980. The monoisotopic (exact) mass is 342 g/mol. The lowest BCUT2D eigenvalue weighted by Crippen LogP contribution is -2.14. The summed E-state index contributed by atoms with van der Waals surface area (Å²) >= 11 is 3.36. The molecule has 6 heteroatoms. The van der Waals surface area contributed by atoms with Crippen molar-refractivity contribution in [2.45, 2.75) is 19.8 Å². The molecule has 1 aromatic rings. The van der Waals surface area contributed by atoms with E-state index in [4.69, 9.17) is 14.6 Å². The molecule has 0 aromatic heterocycles. The molecule has 108 valence electrons. The van der Waals surface area contributed by atoms with Gasteiger partial charge in [-0.25, -0.2) is 0 Å². The van der Waals surface area contributed by atoms with E-state index < -0.39 is 11.9 Å². The molecular weight excluding hydrogens is 328 g/mol. The first kappa shape index (κ1) is 14.8. The van der Waals surface area contributed by atoms with Crippen molar-refractivity contribution in [3.8, 4) is 11.5 Å². The van der Waals surface area contributed by atoms with Gasteiger partial charge in [0.25, 0.3) is 0 Å². The number of carboxylic acids is 1. The molecule has 0 bridgehead atoms. The Labute approximate surface area is 125 Å². The molecule has 1 unspecified atom stereocenters. The Bertz CT molecular complexity index is 541. The first-order valence-corrected chi connectivity index (χ1v) is 7.13. The Hall–Kier alpha value is -1.56. The lowest BCUT2D eigenvalue weighted by molar-refractivity contribution is -0.141. The maximum Gasteiger partial charge on any atom is 0.306 e. The number of ketones is 1. The van der Waals surface area contributed by atoms with Crippen LogP contribution in [-0.4, -0.2) is 30.1 Å². The summed E-state index contributed by atoms with van der Waals surface area (Å²) in [6, 6.07) is 3.26. The largest absolute Gasteiger partial charge is 0.489 e. The van der Waals surface area contributed by atoms with Crippen LogP contribution in [0.15, 0.2) is 16.6 Å². The van der Waals surface area contributed by atoms with Crippen molar-refractivity contribution in [1.82, 2.24) is 0 Å². The second-order valence-electron chi connectivity index (χ2n) is 4.70. The summed E-state index contributed by atoms with van der Waals surface area (Å²) in [4.78, 5) is 22.9. The third-order valence-electron chi connectivity index (χ3n) is 3.04. The van der Waals surface area contributed by atoms with Crippen LogP contribution in [0.5, 0.6) is 11.5 Å². The van der Waals surface area contributed by atoms with E-state index in [0.29, 0.717) is 34.7 Å². The highest BCUT2D eigenvalue weighted by Crippen LogP contribution is 2.38. The third-order valence-corrected chi connectivity index (χ3v) is 3.63. The van der Waals surface area contributed by atoms with E-state index in [2.05, 4.69) is 15.9 Å². The Morgan fingerprint density at radius 1 is 1.35 bits per heavy atom. The Balaban J connectivity index is 2.25. The topological polar surface area (TPSA) is 72.8 Å². The van der Waals surface area contributed by atoms with Crippen LogP contribution in [0.1, 0.15) is 30.1 Å². The molecule has 1 aliphatic rings. The summed E-state index contributed by atoms with van der Waals surface area (Å²) < 4.78 is 11.7. The van der Waals surface area contributed by atoms with Gasteiger partial charge in [-0.2, -0.15) is 0 Å². The van der Waals surface area contributed by atoms with Crippen molar-refractivity contribution in [2.24, 2.45) is 5.92 Å². The molecule has 0 aliphatic carbocycles. The molecule has 20 heavy (non-hydrogen) atoms. The second kappa shape index (κ2) is 6.26. The van der Waals surface area contributed by atoms with E-state index in [-0.39, 0.29) is 12.2 Å². The average Bonchev–Trinajstić information content (AvgIpc) is 2.63. The molecule has 1 aliphatic heterocycles. The number of fused-ring (bicyclic) bond motifs is 1. The highest BCUT2D eigenvalue weighted by Gasteiger charge is 2.21. The summed E-state index contributed by atoms with van der Waals surface area (Å²) in [5, 5.41) is 8.86. The lowest BCUT2D eigenvalue weighted by Gasteiger charge is -2.12. The predicted octanol–water partition coefficient (Wildman–Crippen LogP) is 2.90. The first-order valence-electron chi connectivity index (χ1n) is 6.34. The van der Waals surface area contributed by atoms with Gasteiger partial charge in [0, 0.05) is 18.4 Å². The van der Waals surface area contributed by atoms with Gasteiger partial charge in [-0.3, -0.25) is 9.59 Å². The lowest BCUT2D eigenvalue weighted by atomic mass is 9.99. The van der Waals surface area contributed by atoms with Crippen LogP contribution in [0.3, 0.4) is 0 Å². The van der Waals surface area contributed by atoms with E-state index in [1.165, 1.54) is 6.92 Å². The number of aliphatic carboxylic acids is 1. The Kier molecular flexibility index (Phi) is 4.65. The van der Waals surface area contributed by atoms with Crippen LogP contribution in [0.2, 0.25) is 0 Å². The number of carbonyl (C=O) groups is 2. The van der Waals surface area contributed by atoms with Crippen LogP contribution in [0.4, 0.5) is 0 Å². The van der Waals surface area contributed by atoms with Crippen molar-refractivity contribution in [2.75, 3.05) is 13.2 Å². The van der Waals surface area contributed by atoms with Gasteiger partial charge in [0.2, 0.25) is 0 Å². The molecule has 0 amide bonds. The summed E-state index contributed by atoms with van der Waals surface area (Å²) in [7, 11) is 0. The van der Waals surface area contributed by atoms with E-state index in [1.807, 2.05) is 0 Å². The highest BCUT2D eigenvalue weighted by atomic mass is 79.9. The third kappa shape index (κ3) is 3.30. The average molecular weight is 343 g/mol. The predicted molar refractivity (Wildman–Crippen MR) is 75.5 cm³/mol. The fourth-order valence-electron chi connectivity index (χ4n) is 1.88. The van der Waals surface area contributed by atoms with Crippen LogP contribution < -0.4 is 9.47 Å². The Morgan fingerprint density at radius 3 is 2.75 bits per heavy atom. The van der Waals surface area contributed by atoms with Gasteiger partial charge in [0.1, 0.15) is 0 Å². The van der Waals surface area contributed by atoms with Crippen LogP contribution in [-0.2, 0) is 4.79 Å². The van der Waals surface area contributed by atoms with Crippen molar-refractivity contribution >= 4 is 27.7 Å². The number of carboxylic acid groups (broad SMARTS) is 1. The number of Topliss-reactive ketones (excluding diaryl/α,β-unsaturated/α-hetero) is 1. The minimum Gasteiger partial charge on any atom is -0.489 e. The van der Waals surface area contributed by atoms with Gasteiger partial charge in [-0.15, -0.1) is 0 Å². The Morgan fingerprint density at radius 2 is 2.05 bits per heavy atom. The summed E-state index contributed by atoms with van der Waals surface area (Å²) in [5.74, 6) is -0.811. The molecule has 0 radical (unpaired) electrons. The highest BCUT2D eigenvalue weighted by molar-refractivity contribution is 9.10. The minimum absolute atomic E-state index is 0.0403. The smallest absolute Gasteiger partial charge is 0.306 e. The van der Waals surface area contributed by atoms with Crippen molar-refractivity contribution in [3.05, 3.63) is 22.2 Å². The second-order valence-corrected chi connectivity index (χ2v) is 5.56. The molecule has 1 N–H and O–H groups in total. The summed E-state index contributed by atoms with van der Waals surface area (Å²) in [6.45, 7) is 2.61. The molecule has 2 rings (SSSR count). The molecular formula is C14H15BrO5. The zero-order valence-electron chi connectivity index (χ0n) is 11.0. The number of halogens is 1. The van der Waals surface area contributed by atoms with Gasteiger partial charge in [-0.05, 0) is 28.1 Å². The van der Waals surface area contributed by atoms with Gasteiger partial charge < -0.3 is 14.6 Å². The number of hydrogen-bond acceptors (Lipinski definition) is 4. The van der Waals surface area contributed by atoms with Crippen molar-refractivity contribution in [3.63, 3.8) is 0 Å². The SMILES string of the molecule is CC(CC(=O)c1cc(Br)c2c(c1)OCCCO2)C(=O)O. The molecule has 1 atom stereocenters. The normalized spacial score (nSPS) is 15.3. The van der Waals surface area contributed by atoms with E-state index in [9.17, 15) is 9.59 Å². The van der Waals surface area contributed by atoms with Gasteiger partial charge >= 0.3 is 5.97 Å². The van der Waals surface area contributed by atoms with Crippen molar-refractivity contribution < 1.29 is 24.2 Å². The fourth-order valence-corrected chi connectivity index (χ4v) is 2.43. The van der Waals surface area contributed by atoms with Gasteiger partial charge in [-0.1, -0.05) is 6.92 Å². The molecule has 0 saturated heterocycles. The zero-order chi connectivity index (χ0) is 14.7. The van der Waals surface area contributed by atoms with Crippen molar-refractivity contribution in [1.29, 1.82) is 0 Å². The molecule has 0 spiro atoms. The van der Waals surface area contributed by atoms with Crippen LogP contribution >= 0.6 is 15.9 Å². The fraction of sp³-hybridized carbons (Fsp3) is 0.429. The molecule has 0 saturated carbocycles. The summed E-state index contributed by atoms with van der Waals surface area (Å²) in [5.41, 5.74) is 0.425. The van der Waals surface area contributed by atoms with Gasteiger partial charge in [0.15, 0.2) is 17.3 Å². The van der Waals surface area contributed by atoms with E-state index >= 15 is 0 Å². The maximum absolute atomic E-state index is 12.1. The van der Waals surface area contributed by atoms with Gasteiger partial charge in [0.05, 0.1) is 23.6 Å². The summed E-state index contributed by atoms with van der Waals surface area (Å²) in [6.07, 6.45) is 0.738. The standard InChI is InChI=1S/C14H15BrO5/c1-8(14(17)18)5-11(16)9-6-10(15)13-12(7-9)19-3-2-4-20-13/h6-8H,2-5H2,1H3,(H,17,18). The van der Waals surface area contributed by atoms with Crippen LogP contribution in [0, 0.1) is 5.92 Å². The quantitative estimate of drug-likeness (QED) is 0.851. The van der Waals surface area contributed by atoms with E-state index in [0.717, 1.165) is 6.42 Å². The molecule has 1 heterocycles. The molecule has 5 nitrogen and oxygen atoms in total. The first-order chi connectivity index (χ1) is 9.49.